The molecule has 0 rings (SSSR count). The van der Waals surface area contributed by atoms with Crippen LogP contribution in [-0.4, -0.2) is 31.1 Å². The maximum Gasteiger partial charge on any atom is 3.00 e. The van der Waals surface area contributed by atoms with E-state index in [0.29, 0.717) is 0 Å². The van der Waals surface area contributed by atoms with Gasteiger partial charge in [-0.15, -0.1) is 6.58 Å². The molecular weight excluding hydrogens is 410 g/mol. The van der Waals surface area contributed by atoms with E-state index in [1.165, 1.54) is 6.08 Å². The Labute approximate surface area is 152 Å². The van der Waals surface area contributed by atoms with Crippen molar-refractivity contribution in [1.29, 1.82) is 0 Å². The molecule has 0 saturated heterocycles. The minimum Gasteiger partial charge on any atom is -0.545 e. The first kappa shape index (κ1) is 62.9. The number of aliphatic hydroxyl groups excluding tert-OH is 1. The molecule has 0 spiro atoms. The summed E-state index contributed by atoms with van der Waals surface area (Å²) in [4.78, 5) is 15.5. The topological polar surface area (TPSA) is 74.3 Å². The van der Waals surface area contributed by atoms with Crippen molar-refractivity contribution in [3.05, 3.63) is 38.9 Å². The molecule has 8 heteroatoms. The normalized spacial score (nSPS) is 2.94. The van der Waals surface area contributed by atoms with Crippen LogP contribution in [0.15, 0.2) is 25.3 Å². The Morgan fingerprint density at radius 2 is 1.33 bits per heavy atom. The summed E-state index contributed by atoms with van der Waals surface area (Å²) in [6.07, 6.45) is 3.29. The second kappa shape index (κ2) is 396. The predicted molar refractivity (Wildman–Crippen MR) is 65.1 cm³/mol. The van der Waals surface area contributed by atoms with E-state index in [0.717, 1.165) is 12.4 Å². The van der Waals surface area contributed by atoms with E-state index in [1.807, 2.05) is 0 Å². The molecule has 0 aliphatic rings. The molecule has 0 unspecified atom stereocenters. The molecule has 0 heterocycles. The first-order valence-corrected chi connectivity index (χ1v) is 4.14. The van der Waals surface area contributed by atoms with Crippen LogP contribution in [0.25, 0.3) is 0 Å². The van der Waals surface area contributed by atoms with Gasteiger partial charge in [0, 0.05) is 12.4 Å². The van der Waals surface area contributed by atoms with Crippen molar-refractivity contribution in [3.63, 3.8) is 0 Å². The quantitative estimate of drug-likeness (QED) is 0.115. The minimum absolute atomic E-state index is 0. The van der Waals surface area contributed by atoms with Gasteiger partial charge >= 0.3 is 46.9 Å². The fraction of sp³-hybridized carbons (Fsp3) is 0.200. The van der Waals surface area contributed by atoms with Crippen molar-refractivity contribution in [2.24, 2.45) is 0 Å². The molecule has 4 nitrogen and oxygen atoms in total. The van der Waals surface area contributed by atoms with E-state index in [9.17, 15) is 0 Å². The van der Waals surface area contributed by atoms with E-state index >= 15 is 0 Å². The van der Waals surface area contributed by atoms with Crippen LogP contribution < -0.4 is 35.8 Å². The van der Waals surface area contributed by atoms with Gasteiger partial charge < -0.3 is 31.7 Å². The van der Waals surface area contributed by atoms with Crippen molar-refractivity contribution in [2.75, 3.05) is 12.4 Å². The molecule has 1 N–H and O–H groups in total. The van der Waals surface area contributed by atoms with Gasteiger partial charge in [-0.3, -0.25) is 13.6 Å². The Bertz CT molecular complexity index is 107. The molecule has 104 valence electrons. The van der Waals surface area contributed by atoms with Crippen LogP contribution in [0.5, 0.6) is 0 Å². The molecule has 0 fully saturated rings. The van der Waals surface area contributed by atoms with Gasteiger partial charge in [-0.05, 0) is 0 Å². The molecule has 0 atom stereocenters. The van der Waals surface area contributed by atoms with E-state index in [1.54, 1.807) is 6.08 Å². The van der Waals surface area contributed by atoms with E-state index in [4.69, 9.17) is 19.3 Å². The van der Waals surface area contributed by atoms with Crippen LogP contribution in [0.2, 0.25) is 0 Å². The Morgan fingerprint density at radius 3 is 1.33 bits per heavy atom. The third kappa shape index (κ3) is 1860. The number of aliphatic hydroxyl groups is 1. The molecule has 0 aromatic carbocycles. The average molecular weight is 426 g/mol. The summed E-state index contributed by atoms with van der Waals surface area (Å²) in [5.41, 5.74) is 0. The van der Waals surface area contributed by atoms with Crippen molar-refractivity contribution in [3.8, 4) is 0 Å². The molecule has 0 aliphatic carbocycles. The van der Waals surface area contributed by atoms with Crippen LogP contribution in [0, 0.1) is 13.6 Å². The first-order valence-electron chi connectivity index (χ1n) is 3.02. The molecular formula is C10H16Br2CoLiO4. The van der Waals surface area contributed by atoms with Gasteiger partial charge in [0.05, 0.1) is 0 Å². The summed E-state index contributed by atoms with van der Waals surface area (Å²) in [6.45, 7) is 20.9. The number of hydrogen-bond acceptors (Lipinski definition) is 3. The summed E-state index contributed by atoms with van der Waals surface area (Å²) in [7, 11) is 1.00. The van der Waals surface area contributed by atoms with Gasteiger partial charge in [0.25, 0.3) is 0 Å². The van der Waals surface area contributed by atoms with Crippen LogP contribution in [0.4, 0.5) is 0 Å². The number of hydrogen-bond donors (Lipinski definition) is 1. The van der Waals surface area contributed by atoms with Gasteiger partial charge in [0.15, 0.2) is 0 Å². The molecule has 0 saturated carbocycles. The van der Waals surface area contributed by atoms with Crippen molar-refractivity contribution in [2.45, 2.75) is 0 Å². The number of alkyl halides is 1. The number of rotatable bonds is 1. The van der Waals surface area contributed by atoms with E-state index < -0.39 is 0 Å². The van der Waals surface area contributed by atoms with Crippen LogP contribution in [-0.2, 0) is 31.0 Å². The summed E-state index contributed by atoms with van der Waals surface area (Å²) >= 11 is 3.13. The van der Waals surface area contributed by atoms with Gasteiger partial charge in [0.2, 0.25) is 0 Å². The molecule has 18 heavy (non-hydrogen) atoms. The van der Waals surface area contributed by atoms with Crippen molar-refractivity contribution < 1.29 is 72.0 Å². The number of carbonyl (C=O) groups excluding carboxylic acids is 2. The minimum atomic E-state index is 0. The standard InChI is InChI=1S/C3H5Br.C3H5.CH4O.2CHO.CO.BrH.Co.Li/c1-2-3-4;1-3-2;4*1-2;;;/h2H,1,3H2;3H,1-2H2;2H,1H3;2*1H;;1H;;/q;-1;;2*-1;;;+3;+1/p-1. The van der Waals surface area contributed by atoms with Crippen molar-refractivity contribution >= 4 is 29.5 Å². The Balaban J connectivity index is -0.00000000768. The van der Waals surface area contributed by atoms with Crippen LogP contribution in [0.1, 0.15) is 0 Å². The summed E-state index contributed by atoms with van der Waals surface area (Å²) < 4.78 is 7.50. The Hall–Kier alpha value is 0.454. The molecule has 0 aromatic rings. The number of halogens is 2. The fourth-order valence-corrected chi connectivity index (χ4v) is 0. The zero-order chi connectivity index (χ0) is 14.1. The van der Waals surface area contributed by atoms with Crippen LogP contribution >= 0.6 is 15.9 Å². The molecule has 0 aromatic heterocycles. The first-order chi connectivity index (χ1) is 7.33. The van der Waals surface area contributed by atoms with E-state index in [2.05, 4.69) is 56.2 Å². The second-order valence-electron chi connectivity index (χ2n) is 0.732. The molecule has 0 radical (unpaired) electrons. The van der Waals surface area contributed by atoms with Gasteiger partial charge in [-0.1, -0.05) is 22.0 Å². The summed E-state index contributed by atoms with van der Waals surface area (Å²) in [6, 6.07) is 0. The van der Waals surface area contributed by atoms with Gasteiger partial charge in [-0.2, -0.15) is 0 Å². The smallest absolute Gasteiger partial charge is 0.545 e. The monoisotopic (exact) mass is 424 g/mol. The number of allylic oxidation sites excluding steroid dienone is 2. The average Bonchev–Trinajstić information content (AvgIpc) is 2.39. The third-order valence-electron chi connectivity index (χ3n) is 0.109. The second-order valence-corrected chi connectivity index (χ2v) is 1.38. The molecule has 0 amide bonds. The summed E-state index contributed by atoms with van der Waals surface area (Å²) in [5.74, 6) is 0. The maximum atomic E-state index is 7.75. The maximum absolute atomic E-state index is 7.75. The third-order valence-corrected chi connectivity index (χ3v) is 0.567. The SMILES string of the molecule is C=CCBr.C=C[CH2-].CO.[Br-].[C-]#[O+].[CH-]=O.[CH-]=O.[Co+3].[Li+]. The predicted octanol–water partition coefficient (Wildman–Crippen LogP) is -4.40. The van der Waals surface area contributed by atoms with Crippen molar-refractivity contribution in [1.82, 2.24) is 0 Å². The summed E-state index contributed by atoms with van der Waals surface area (Å²) in [5, 5.41) is 7.90. The molecule has 0 bridgehead atoms. The largest absolute Gasteiger partial charge is 3.00 e. The Morgan fingerprint density at radius 1 is 1.28 bits per heavy atom. The van der Waals surface area contributed by atoms with Gasteiger partial charge in [0.1, 0.15) is 0 Å². The van der Waals surface area contributed by atoms with Crippen LogP contribution in [0.3, 0.4) is 0 Å². The fourth-order valence-electron chi connectivity index (χ4n) is 0. The molecule has 0 aliphatic heterocycles. The zero-order valence-corrected chi connectivity index (χ0v) is 14.6. The zero-order valence-electron chi connectivity index (χ0n) is 10.4. The van der Waals surface area contributed by atoms with E-state index in [-0.39, 0.29) is 52.6 Å². The van der Waals surface area contributed by atoms with Gasteiger partial charge in [-0.25, -0.2) is 19.6 Å². The Kier molecular flexibility index (Phi) is 1380.